The van der Waals surface area contributed by atoms with Crippen molar-refractivity contribution < 1.29 is 22.4 Å². The molecule has 1 fully saturated rings. The summed E-state index contributed by atoms with van der Waals surface area (Å²) < 4.78 is 56.1. The normalized spacial score (nSPS) is 17.4. The molecule has 1 heterocycles. The van der Waals surface area contributed by atoms with Crippen LogP contribution in [0.4, 0.5) is 28.9 Å². The summed E-state index contributed by atoms with van der Waals surface area (Å²) in [5.41, 5.74) is -0.535. The summed E-state index contributed by atoms with van der Waals surface area (Å²) in [6.45, 7) is 0.705. The van der Waals surface area contributed by atoms with Crippen LogP contribution < -0.4 is 10.2 Å². The first kappa shape index (κ1) is 17.8. The van der Waals surface area contributed by atoms with Gasteiger partial charge in [-0.3, -0.25) is 4.79 Å². The van der Waals surface area contributed by atoms with Gasteiger partial charge in [-0.2, -0.15) is 0 Å². The Hall–Kier alpha value is -2.57. The lowest BCUT2D eigenvalue weighted by atomic mass is 9.97. The molecule has 0 saturated heterocycles. The van der Waals surface area contributed by atoms with E-state index in [-0.39, 0.29) is 17.9 Å². The summed E-state index contributed by atoms with van der Waals surface area (Å²) >= 11 is 0. The number of halogens is 4. The smallest absolute Gasteiger partial charge is 0.227 e. The van der Waals surface area contributed by atoms with E-state index in [2.05, 4.69) is 5.32 Å². The average Bonchev–Trinajstić information content (AvgIpc) is 3.36. The van der Waals surface area contributed by atoms with Crippen molar-refractivity contribution in [3.63, 3.8) is 0 Å². The number of carbonyl (C=O) groups excluding carboxylic acids is 1. The number of fused-ring (bicyclic) bond motifs is 1. The number of benzene rings is 2. The summed E-state index contributed by atoms with van der Waals surface area (Å²) in [7, 11) is 0. The Morgan fingerprint density at radius 1 is 1.15 bits per heavy atom. The highest BCUT2D eigenvalue weighted by atomic mass is 19.1. The fourth-order valence-electron chi connectivity index (χ4n) is 3.40. The van der Waals surface area contributed by atoms with Crippen LogP contribution in [0.2, 0.25) is 0 Å². The van der Waals surface area contributed by atoms with Gasteiger partial charge >= 0.3 is 0 Å². The topological polar surface area (TPSA) is 32.3 Å². The van der Waals surface area contributed by atoms with Crippen molar-refractivity contribution in [3.8, 4) is 0 Å². The van der Waals surface area contributed by atoms with E-state index < -0.39 is 35.3 Å². The number of nitrogens with one attached hydrogen (secondary N) is 1. The van der Waals surface area contributed by atoms with E-state index in [4.69, 9.17) is 0 Å². The van der Waals surface area contributed by atoms with Crippen LogP contribution in [0.3, 0.4) is 0 Å². The third-order valence-corrected chi connectivity index (χ3v) is 5.14. The minimum absolute atomic E-state index is 0.170. The van der Waals surface area contributed by atoms with Crippen LogP contribution >= 0.6 is 0 Å². The molecule has 0 aromatic heterocycles. The number of nitrogens with zero attached hydrogens (tertiary/aromatic N) is 1. The zero-order valence-corrected chi connectivity index (χ0v) is 14.5. The molecule has 0 radical (unpaired) electrons. The zero-order valence-electron chi connectivity index (χ0n) is 14.5. The molecule has 0 atom stereocenters. The molecule has 27 heavy (non-hydrogen) atoms. The Kier molecular flexibility index (Phi) is 4.32. The van der Waals surface area contributed by atoms with Crippen LogP contribution in [0, 0.1) is 17.5 Å². The number of hydrogen-bond acceptors (Lipinski definition) is 2. The van der Waals surface area contributed by atoms with E-state index in [1.807, 2.05) is 4.90 Å². The second-order valence-corrected chi connectivity index (χ2v) is 7.21. The minimum atomic E-state index is -1.54. The Bertz CT molecular complexity index is 894. The Balaban J connectivity index is 1.58. The molecule has 2 aliphatic rings. The third-order valence-electron chi connectivity index (χ3n) is 5.14. The van der Waals surface area contributed by atoms with Crippen LogP contribution in [-0.4, -0.2) is 18.1 Å². The summed E-state index contributed by atoms with van der Waals surface area (Å²) in [5.74, 6) is -2.80. The molecule has 0 unspecified atom stereocenters. The maximum atomic E-state index is 14.9. The van der Waals surface area contributed by atoms with Crippen molar-refractivity contribution in [2.24, 2.45) is 0 Å². The summed E-state index contributed by atoms with van der Waals surface area (Å²) in [6.07, 6.45) is 0.609. The van der Waals surface area contributed by atoms with Gasteiger partial charge in [-0.25, -0.2) is 17.6 Å². The molecule has 1 N–H and O–H groups in total. The first-order chi connectivity index (χ1) is 12.8. The molecule has 1 saturated carbocycles. The molecule has 2 aromatic rings. The van der Waals surface area contributed by atoms with Crippen LogP contribution in [0.5, 0.6) is 0 Å². The Labute approximate surface area is 154 Å². The predicted molar refractivity (Wildman–Crippen MR) is 93.8 cm³/mol. The van der Waals surface area contributed by atoms with Crippen molar-refractivity contribution in [2.75, 3.05) is 16.8 Å². The largest absolute Gasteiger partial charge is 0.367 e. The fourth-order valence-corrected chi connectivity index (χ4v) is 3.40. The van der Waals surface area contributed by atoms with Crippen molar-refractivity contribution in [1.82, 2.24) is 0 Å². The van der Waals surface area contributed by atoms with E-state index >= 15 is 0 Å². The highest BCUT2D eigenvalue weighted by Crippen LogP contribution is 2.43. The van der Waals surface area contributed by atoms with Gasteiger partial charge in [0.2, 0.25) is 5.91 Å². The average molecular weight is 378 g/mol. The number of rotatable bonds is 4. The van der Waals surface area contributed by atoms with Gasteiger partial charge < -0.3 is 10.2 Å². The number of anilines is 2. The molecule has 7 heteroatoms. The lowest BCUT2D eigenvalue weighted by Gasteiger charge is -2.31. The number of alkyl halides is 1. The lowest BCUT2D eigenvalue weighted by molar-refractivity contribution is -0.117. The van der Waals surface area contributed by atoms with Crippen LogP contribution in [-0.2, 0) is 17.8 Å². The van der Waals surface area contributed by atoms with E-state index in [1.165, 1.54) is 18.2 Å². The van der Waals surface area contributed by atoms with Crippen molar-refractivity contribution in [1.29, 1.82) is 0 Å². The fraction of sp³-hybridized carbons (Fsp3) is 0.350. The van der Waals surface area contributed by atoms with E-state index in [0.29, 0.717) is 31.4 Å². The van der Waals surface area contributed by atoms with Crippen LogP contribution in [0.25, 0.3) is 0 Å². The monoisotopic (exact) mass is 378 g/mol. The molecule has 2 aromatic carbocycles. The third kappa shape index (κ3) is 3.63. The first-order valence-corrected chi connectivity index (χ1v) is 8.84. The molecule has 0 bridgehead atoms. The van der Waals surface area contributed by atoms with Crippen LogP contribution in [0.1, 0.15) is 30.4 Å². The van der Waals surface area contributed by atoms with Gasteiger partial charge in [0.15, 0.2) is 5.82 Å². The molecule has 3 nitrogen and oxygen atoms in total. The highest BCUT2D eigenvalue weighted by Gasteiger charge is 2.45. The van der Waals surface area contributed by atoms with Gasteiger partial charge in [0.25, 0.3) is 0 Å². The lowest BCUT2D eigenvalue weighted by Crippen LogP contribution is -2.32. The highest BCUT2D eigenvalue weighted by molar-refractivity contribution is 5.92. The molecule has 4 rings (SSSR count). The summed E-state index contributed by atoms with van der Waals surface area (Å²) in [6, 6.07) is 7.06. The van der Waals surface area contributed by atoms with Gasteiger partial charge in [-0.05, 0) is 55.2 Å². The number of hydrogen-bond donors (Lipinski definition) is 1. The molecular formula is C20H18F4N2O. The number of carbonyl (C=O) groups is 1. The van der Waals surface area contributed by atoms with Gasteiger partial charge in [0.05, 0.1) is 6.42 Å². The molecular weight excluding hydrogens is 360 g/mol. The van der Waals surface area contributed by atoms with Gasteiger partial charge in [-0.15, -0.1) is 0 Å². The van der Waals surface area contributed by atoms with Gasteiger partial charge in [-0.1, -0.05) is 0 Å². The zero-order chi connectivity index (χ0) is 19.2. The predicted octanol–water partition coefficient (Wildman–Crippen LogP) is 4.50. The van der Waals surface area contributed by atoms with Crippen molar-refractivity contribution >= 4 is 17.3 Å². The number of amides is 1. The van der Waals surface area contributed by atoms with E-state index in [0.717, 1.165) is 5.69 Å². The Morgan fingerprint density at radius 3 is 2.52 bits per heavy atom. The molecule has 142 valence electrons. The minimum Gasteiger partial charge on any atom is -0.367 e. The second-order valence-electron chi connectivity index (χ2n) is 7.21. The maximum absolute atomic E-state index is 14.9. The Morgan fingerprint density at radius 2 is 1.85 bits per heavy atom. The van der Waals surface area contributed by atoms with E-state index in [1.54, 1.807) is 12.1 Å². The molecule has 1 amide bonds. The van der Waals surface area contributed by atoms with Gasteiger partial charge in [0.1, 0.15) is 23.0 Å². The van der Waals surface area contributed by atoms with Crippen molar-refractivity contribution in [3.05, 3.63) is 58.9 Å². The first-order valence-electron chi connectivity index (χ1n) is 8.84. The quantitative estimate of drug-likeness (QED) is 0.795. The molecule has 1 aliphatic carbocycles. The summed E-state index contributed by atoms with van der Waals surface area (Å²) in [4.78, 5) is 13.8. The van der Waals surface area contributed by atoms with Gasteiger partial charge in [0, 0.05) is 24.3 Å². The van der Waals surface area contributed by atoms with Crippen molar-refractivity contribution in [2.45, 2.75) is 37.9 Å². The SMILES string of the molecule is O=C(CC1(F)CC1)Nc1c(F)cc2c(c1F)CN(c1ccc(F)cc1)CC2. The van der Waals surface area contributed by atoms with Crippen LogP contribution in [0.15, 0.2) is 30.3 Å². The molecule has 0 spiro atoms. The maximum Gasteiger partial charge on any atom is 0.227 e. The summed E-state index contributed by atoms with van der Waals surface area (Å²) in [5, 5.41) is 2.19. The standard InChI is InChI=1S/C20H18F4N2O/c21-13-1-3-14(4-2-13)26-8-5-12-9-16(22)19(18(23)15(12)11-26)25-17(27)10-20(24)6-7-20/h1-4,9H,5-8,10-11H2,(H,25,27). The second kappa shape index (κ2) is 6.55. The molecule has 1 aliphatic heterocycles. The van der Waals surface area contributed by atoms with E-state index in [9.17, 15) is 22.4 Å².